The normalized spacial score (nSPS) is 22.2. The number of aliphatic hydroxyl groups excluding tert-OH is 1. The van der Waals surface area contributed by atoms with E-state index in [0.29, 0.717) is 19.7 Å². The highest BCUT2D eigenvalue weighted by molar-refractivity contribution is 5.85. The van der Waals surface area contributed by atoms with Gasteiger partial charge in [-0.3, -0.25) is 4.79 Å². The Labute approximate surface area is 131 Å². The number of benzene rings is 1. The Balaban J connectivity index is 0.00000220. The van der Waals surface area contributed by atoms with Crippen molar-refractivity contribution in [2.24, 2.45) is 11.8 Å². The number of carbonyl (C=O) groups is 1. The van der Waals surface area contributed by atoms with Crippen LogP contribution >= 0.6 is 12.4 Å². The summed E-state index contributed by atoms with van der Waals surface area (Å²) in [6.07, 6.45) is -0.369. The SMILES string of the molecule is CC(COc1ccccc1)C(=O)NCC1CNCC1O.Cl. The molecule has 0 bridgehead atoms. The van der Waals surface area contributed by atoms with Crippen molar-refractivity contribution in [1.29, 1.82) is 0 Å². The maximum atomic E-state index is 11.9. The first-order chi connectivity index (χ1) is 9.66. The van der Waals surface area contributed by atoms with Gasteiger partial charge in [-0.15, -0.1) is 12.4 Å². The fraction of sp³-hybridized carbons (Fsp3) is 0.533. The summed E-state index contributed by atoms with van der Waals surface area (Å²) in [5.74, 6) is 0.602. The summed E-state index contributed by atoms with van der Waals surface area (Å²) in [4.78, 5) is 11.9. The van der Waals surface area contributed by atoms with Gasteiger partial charge in [0.05, 0.1) is 18.6 Å². The van der Waals surface area contributed by atoms with Crippen molar-refractivity contribution in [3.05, 3.63) is 30.3 Å². The Bertz CT molecular complexity index is 430. The molecular weight excluding hydrogens is 292 g/mol. The Kier molecular flexibility index (Phi) is 7.50. The van der Waals surface area contributed by atoms with Gasteiger partial charge in [-0.05, 0) is 12.1 Å². The molecule has 0 saturated carbocycles. The molecule has 1 heterocycles. The lowest BCUT2D eigenvalue weighted by atomic mass is 10.1. The average Bonchev–Trinajstić information content (AvgIpc) is 2.88. The largest absolute Gasteiger partial charge is 0.493 e. The predicted octanol–water partition coefficient (Wildman–Crippen LogP) is 0.820. The van der Waals surface area contributed by atoms with Gasteiger partial charge in [-0.1, -0.05) is 25.1 Å². The Morgan fingerprint density at radius 1 is 1.43 bits per heavy atom. The van der Waals surface area contributed by atoms with E-state index in [0.717, 1.165) is 12.3 Å². The van der Waals surface area contributed by atoms with Crippen LogP contribution in [-0.2, 0) is 4.79 Å². The van der Waals surface area contributed by atoms with Gasteiger partial charge in [-0.25, -0.2) is 0 Å². The zero-order chi connectivity index (χ0) is 14.4. The molecule has 1 amide bonds. The van der Waals surface area contributed by atoms with Crippen molar-refractivity contribution in [2.45, 2.75) is 13.0 Å². The van der Waals surface area contributed by atoms with Gasteiger partial charge in [0.25, 0.3) is 0 Å². The number of hydrogen-bond donors (Lipinski definition) is 3. The van der Waals surface area contributed by atoms with E-state index in [-0.39, 0.29) is 36.3 Å². The highest BCUT2D eigenvalue weighted by Gasteiger charge is 2.25. The summed E-state index contributed by atoms with van der Waals surface area (Å²) in [6, 6.07) is 9.45. The van der Waals surface area contributed by atoms with E-state index < -0.39 is 0 Å². The Morgan fingerprint density at radius 3 is 2.76 bits per heavy atom. The fourth-order valence-corrected chi connectivity index (χ4v) is 2.15. The second-order valence-electron chi connectivity index (χ2n) is 5.26. The zero-order valence-corrected chi connectivity index (χ0v) is 12.9. The van der Waals surface area contributed by atoms with Crippen LogP contribution in [0.4, 0.5) is 0 Å². The van der Waals surface area contributed by atoms with Crippen molar-refractivity contribution in [3.63, 3.8) is 0 Å². The van der Waals surface area contributed by atoms with Gasteiger partial charge in [0.1, 0.15) is 5.75 Å². The van der Waals surface area contributed by atoms with Crippen LogP contribution in [0, 0.1) is 11.8 Å². The molecule has 1 aromatic rings. The minimum atomic E-state index is -0.369. The molecule has 0 aliphatic carbocycles. The molecule has 0 aromatic heterocycles. The maximum Gasteiger partial charge on any atom is 0.226 e. The predicted molar refractivity (Wildman–Crippen MR) is 83.7 cm³/mol. The van der Waals surface area contributed by atoms with E-state index >= 15 is 0 Å². The van der Waals surface area contributed by atoms with Gasteiger partial charge >= 0.3 is 0 Å². The molecule has 1 fully saturated rings. The maximum absolute atomic E-state index is 11.9. The summed E-state index contributed by atoms with van der Waals surface area (Å²) in [6.45, 7) is 4.04. The highest BCUT2D eigenvalue weighted by Crippen LogP contribution is 2.11. The number of hydrogen-bond acceptors (Lipinski definition) is 4. The number of carbonyl (C=O) groups excluding carboxylic acids is 1. The zero-order valence-electron chi connectivity index (χ0n) is 12.1. The van der Waals surface area contributed by atoms with Crippen molar-refractivity contribution in [3.8, 4) is 5.75 Å². The van der Waals surface area contributed by atoms with Crippen molar-refractivity contribution >= 4 is 18.3 Å². The summed E-state index contributed by atoms with van der Waals surface area (Å²) < 4.78 is 5.56. The van der Waals surface area contributed by atoms with Crippen LogP contribution in [0.15, 0.2) is 30.3 Å². The van der Waals surface area contributed by atoms with E-state index in [4.69, 9.17) is 4.74 Å². The monoisotopic (exact) mass is 314 g/mol. The molecule has 3 N–H and O–H groups in total. The minimum Gasteiger partial charge on any atom is -0.493 e. The van der Waals surface area contributed by atoms with Gasteiger partial charge in [0.15, 0.2) is 0 Å². The van der Waals surface area contributed by atoms with Gasteiger partial charge in [0.2, 0.25) is 5.91 Å². The number of amides is 1. The van der Waals surface area contributed by atoms with Gasteiger partial charge < -0.3 is 20.5 Å². The minimum absolute atomic E-state index is 0. The molecule has 0 spiro atoms. The molecular formula is C15H23ClN2O3. The van der Waals surface area contributed by atoms with Crippen LogP contribution in [-0.4, -0.2) is 43.4 Å². The van der Waals surface area contributed by atoms with Crippen molar-refractivity contribution < 1.29 is 14.6 Å². The lowest BCUT2D eigenvalue weighted by Gasteiger charge is -2.17. The third-order valence-electron chi connectivity index (χ3n) is 3.53. The third kappa shape index (κ3) is 5.53. The quantitative estimate of drug-likeness (QED) is 0.727. The van der Waals surface area contributed by atoms with E-state index in [1.807, 2.05) is 37.3 Å². The molecule has 0 radical (unpaired) electrons. The van der Waals surface area contributed by atoms with Crippen LogP contribution in [0.25, 0.3) is 0 Å². The highest BCUT2D eigenvalue weighted by atomic mass is 35.5. The van der Waals surface area contributed by atoms with Crippen LogP contribution in [0.3, 0.4) is 0 Å². The summed E-state index contributed by atoms with van der Waals surface area (Å²) in [5.41, 5.74) is 0. The standard InChI is InChI=1S/C15H22N2O3.ClH/c1-11(10-20-13-5-3-2-4-6-13)15(19)17-8-12-7-16-9-14(12)18;/h2-6,11-12,14,16,18H,7-10H2,1H3,(H,17,19);1H. The molecule has 6 heteroatoms. The van der Waals surface area contributed by atoms with Crippen LogP contribution in [0.5, 0.6) is 5.75 Å². The molecule has 3 unspecified atom stereocenters. The smallest absolute Gasteiger partial charge is 0.226 e. The van der Waals surface area contributed by atoms with Crippen LogP contribution in [0.2, 0.25) is 0 Å². The average molecular weight is 315 g/mol. The van der Waals surface area contributed by atoms with Crippen LogP contribution in [0.1, 0.15) is 6.92 Å². The summed E-state index contributed by atoms with van der Waals surface area (Å²) in [5, 5.41) is 15.6. The summed E-state index contributed by atoms with van der Waals surface area (Å²) >= 11 is 0. The van der Waals surface area contributed by atoms with E-state index in [1.54, 1.807) is 0 Å². The lowest BCUT2D eigenvalue weighted by molar-refractivity contribution is -0.125. The number of nitrogens with one attached hydrogen (secondary N) is 2. The number of para-hydroxylation sites is 1. The Morgan fingerprint density at radius 2 is 2.14 bits per heavy atom. The number of ether oxygens (including phenoxy) is 1. The number of rotatable bonds is 6. The van der Waals surface area contributed by atoms with Gasteiger partial charge in [-0.2, -0.15) is 0 Å². The molecule has 1 aromatic carbocycles. The van der Waals surface area contributed by atoms with Crippen molar-refractivity contribution in [1.82, 2.24) is 10.6 Å². The molecule has 21 heavy (non-hydrogen) atoms. The number of halogens is 1. The first kappa shape index (κ1) is 17.8. The lowest BCUT2D eigenvalue weighted by Crippen LogP contribution is -2.38. The molecule has 1 aliphatic rings. The molecule has 1 aliphatic heterocycles. The van der Waals surface area contributed by atoms with Gasteiger partial charge in [0, 0.05) is 25.6 Å². The summed E-state index contributed by atoms with van der Waals surface area (Å²) in [7, 11) is 0. The number of aliphatic hydroxyl groups is 1. The fourth-order valence-electron chi connectivity index (χ4n) is 2.15. The molecule has 1 saturated heterocycles. The second-order valence-corrected chi connectivity index (χ2v) is 5.26. The van der Waals surface area contributed by atoms with E-state index in [2.05, 4.69) is 10.6 Å². The third-order valence-corrected chi connectivity index (χ3v) is 3.53. The molecule has 2 rings (SSSR count). The first-order valence-electron chi connectivity index (χ1n) is 7.01. The molecule has 5 nitrogen and oxygen atoms in total. The topological polar surface area (TPSA) is 70.6 Å². The molecule has 3 atom stereocenters. The van der Waals surface area contributed by atoms with E-state index in [9.17, 15) is 9.90 Å². The Hall–Kier alpha value is -1.30. The van der Waals surface area contributed by atoms with Crippen molar-refractivity contribution in [2.75, 3.05) is 26.2 Å². The van der Waals surface area contributed by atoms with E-state index in [1.165, 1.54) is 0 Å². The first-order valence-corrected chi connectivity index (χ1v) is 7.01. The molecule has 118 valence electrons. The number of β-amino-alcohol motifs (C(OH)–C–C–N with tert-alkyl or cyclic N) is 1. The second kappa shape index (κ2) is 8.87. The van der Waals surface area contributed by atoms with Crippen LogP contribution < -0.4 is 15.4 Å².